The van der Waals surface area contributed by atoms with E-state index in [1.807, 2.05) is 6.20 Å². The van der Waals surface area contributed by atoms with Crippen LogP contribution in [-0.4, -0.2) is 85.8 Å². The van der Waals surface area contributed by atoms with Crippen LogP contribution in [0.25, 0.3) is 22.3 Å². The van der Waals surface area contributed by atoms with Crippen LogP contribution in [0.3, 0.4) is 0 Å². The van der Waals surface area contributed by atoms with Crippen LogP contribution in [0.15, 0.2) is 30.6 Å². The van der Waals surface area contributed by atoms with Gasteiger partial charge < -0.3 is 14.2 Å². The van der Waals surface area contributed by atoms with Gasteiger partial charge in [-0.2, -0.15) is 5.10 Å². The van der Waals surface area contributed by atoms with Gasteiger partial charge in [0.2, 0.25) is 0 Å². The Morgan fingerprint density at radius 1 is 0.978 bits per heavy atom. The van der Waals surface area contributed by atoms with Crippen LogP contribution in [0.1, 0.15) is 90.4 Å². The van der Waals surface area contributed by atoms with E-state index in [9.17, 15) is 9.59 Å². The molecule has 242 valence electrons. The number of benzene rings is 1. The van der Waals surface area contributed by atoms with E-state index in [2.05, 4.69) is 34.0 Å². The number of carbonyl (C=O) groups excluding carboxylic acids is 2. The van der Waals surface area contributed by atoms with Crippen molar-refractivity contribution in [3.05, 3.63) is 41.9 Å². The molecule has 0 N–H and O–H groups in total. The molecule has 1 aromatic carbocycles. The summed E-state index contributed by atoms with van der Waals surface area (Å²) < 4.78 is 18.6. The first kappa shape index (κ1) is 31.4. The van der Waals surface area contributed by atoms with Crippen molar-refractivity contribution in [2.45, 2.75) is 96.9 Å². The van der Waals surface area contributed by atoms with Gasteiger partial charge in [-0.1, -0.05) is 6.07 Å². The van der Waals surface area contributed by atoms with Gasteiger partial charge in [-0.3, -0.25) is 14.6 Å². The minimum Gasteiger partial charge on any atom is -0.443 e. The normalized spacial score (nSPS) is 20.9. The molecule has 2 saturated carbocycles. The molecule has 3 heterocycles. The van der Waals surface area contributed by atoms with Gasteiger partial charge in [-0.15, -0.1) is 0 Å². The molecule has 11 nitrogen and oxygen atoms in total. The molecule has 1 aliphatic heterocycles. The molecule has 0 unspecified atom stereocenters. The number of rotatable bonds is 7. The minimum atomic E-state index is -0.722. The molecule has 0 bridgehead atoms. The van der Waals surface area contributed by atoms with Crippen LogP contribution in [0.5, 0.6) is 0 Å². The predicted octanol–water partition coefficient (Wildman–Crippen LogP) is 6.33. The smallest absolute Gasteiger partial charge is 0.419 e. The van der Waals surface area contributed by atoms with Gasteiger partial charge in [0.25, 0.3) is 0 Å². The lowest BCUT2D eigenvalue weighted by molar-refractivity contribution is -0.00642. The summed E-state index contributed by atoms with van der Waals surface area (Å²) >= 11 is 0. The van der Waals surface area contributed by atoms with Gasteiger partial charge in [-0.05, 0) is 90.8 Å². The molecular formula is C34H46N6O5. The van der Waals surface area contributed by atoms with Crippen LogP contribution >= 0.6 is 0 Å². The van der Waals surface area contributed by atoms with Crippen molar-refractivity contribution in [3.63, 3.8) is 0 Å². The summed E-state index contributed by atoms with van der Waals surface area (Å²) in [6.07, 6.45) is 6.46. The highest BCUT2D eigenvalue weighted by atomic mass is 16.6. The zero-order chi connectivity index (χ0) is 31.9. The molecule has 1 saturated heterocycles. The maximum atomic E-state index is 13.0. The number of hydrogen-bond acceptors (Lipinski definition) is 9. The Bertz CT molecular complexity index is 1510. The van der Waals surface area contributed by atoms with E-state index in [-0.39, 0.29) is 18.5 Å². The third kappa shape index (κ3) is 7.81. The van der Waals surface area contributed by atoms with Crippen molar-refractivity contribution in [2.24, 2.45) is 5.92 Å². The zero-order valence-corrected chi connectivity index (χ0v) is 27.4. The monoisotopic (exact) mass is 618 g/mol. The van der Waals surface area contributed by atoms with Crippen LogP contribution in [0.2, 0.25) is 0 Å². The van der Waals surface area contributed by atoms with Crippen LogP contribution in [-0.2, 0) is 20.8 Å². The van der Waals surface area contributed by atoms with Crippen molar-refractivity contribution < 1.29 is 23.8 Å². The van der Waals surface area contributed by atoms with E-state index in [1.165, 1.54) is 5.56 Å². The fraction of sp³-hybridized carbons (Fsp3) is 0.618. The summed E-state index contributed by atoms with van der Waals surface area (Å²) in [5, 5.41) is 5.06. The Labute approximate surface area is 265 Å². The summed E-state index contributed by atoms with van der Waals surface area (Å²) in [5.41, 5.74) is 4.52. The van der Waals surface area contributed by atoms with Gasteiger partial charge in [0.1, 0.15) is 11.2 Å². The average Bonchev–Trinajstić information content (AvgIpc) is 3.69. The van der Waals surface area contributed by atoms with Crippen LogP contribution in [0, 0.1) is 5.92 Å². The second-order valence-corrected chi connectivity index (χ2v) is 14.7. The second-order valence-electron chi connectivity index (χ2n) is 14.7. The number of nitrogens with zero attached hydrogens (tertiary/aromatic N) is 6. The van der Waals surface area contributed by atoms with Crippen molar-refractivity contribution in [2.75, 3.05) is 32.8 Å². The Kier molecular flexibility index (Phi) is 8.60. The first-order valence-corrected chi connectivity index (χ1v) is 16.2. The van der Waals surface area contributed by atoms with Crippen molar-refractivity contribution in [1.82, 2.24) is 29.5 Å². The Morgan fingerprint density at radius 3 is 2.27 bits per heavy atom. The molecule has 45 heavy (non-hydrogen) atoms. The topological polar surface area (TPSA) is 112 Å². The molecule has 3 fully saturated rings. The number of morpholine rings is 1. The lowest BCUT2D eigenvalue weighted by atomic mass is 9.80. The van der Waals surface area contributed by atoms with E-state index in [4.69, 9.17) is 29.3 Å². The van der Waals surface area contributed by atoms with Gasteiger partial charge in [0.05, 0.1) is 47.9 Å². The molecule has 2 aliphatic carbocycles. The van der Waals surface area contributed by atoms with E-state index in [0.29, 0.717) is 5.92 Å². The first-order chi connectivity index (χ1) is 21.3. The number of hydrogen-bond donors (Lipinski definition) is 0. The van der Waals surface area contributed by atoms with Crippen LogP contribution in [0.4, 0.5) is 9.59 Å². The van der Waals surface area contributed by atoms with Crippen molar-refractivity contribution >= 4 is 23.2 Å². The minimum absolute atomic E-state index is 0.123. The first-order valence-electron chi connectivity index (χ1n) is 16.2. The quantitative estimate of drug-likeness (QED) is 0.300. The molecule has 0 atom stereocenters. The fourth-order valence-corrected chi connectivity index (χ4v) is 5.93. The van der Waals surface area contributed by atoms with Gasteiger partial charge in [-0.25, -0.2) is 19.5 Å². The Balaban J connectivity index is 1.17. The lowest BCUT2D eigenvalue weighted by Gasteiger charge is -2.38. The average molecular weight is 619 g/mol. The fourth-order valence-electron chi connectivity index (χ4n) is 5.93. The standard InChI is InChI=1S/C34H46N6O5/c1-33(2,3)44-31(41)39(32(42)45-34(4,5)6)20-23-15-25(16-23)40-21-26(30(37-40)24-8-9-24)29-18-35-27-10-7-22(17-28(27)36-29)19-38-11-13-43-14-12-38/h7,10,17-18,21,23-25H,8-9,11-16,19-20H2,1-6H3/t23-,25-. The number of ether oxygens (including phenoxy) is 3. The summed E-state index contributed by atoms with van der Waals surface area (Å²) in [5.74, 6) is 0.564. The number of carbonyl (C=O) groups is 2. The van der Waals surface area contributed by atoms with Crippen LogP contribution < -0.4 is 0 Å². The highest BCUT2D eigenvalue weighted by Gasteiger charge is 2.39. The van der Waals surface area contributed by atoms with Crippen molar-refractivity contribution in [3.8, 4) is 11.3 Å². The number of amides is 2. The highest BCUT2D eigenvalue weighted by molar-refractivity contribution is 5.88. The number of fused-ring (bicyclic) bond motifs is 1. The maximum absolute atomic E-state index is 13.0. The number of imide groups is 1. The molecule has 2 amide bonds. The van der Waals surface area contributed by atoms with Crippen molar-refractivity contribution in [1.29, 1.82) is 0 Å². The molecule has 6 rings (SSSR count). The predicted molar refractivity (Wildman–Crippen MR) is 170 cm³/mol. The van der Waals surface area contributed by atoms with Gasteiger partial charge in [0.15, 0.2) is 0 Å². The molecule has 11 heteroatoms. The second kappa shape index (κ2) is 12.3. The Morgan fingerprint density at radius 2 is 1.64 bits per heavy atom. The Hall–Kier alpha value is -3.57. The molecule has 0 radical (unpaired) electrons. The SMILES string of the molecule is CC(C)(C)OC(=O)N(C[C@H]1C[C@H](n2cc(-c3cnc4ccc(CN5CCOCC5)cc4n3)c(C3CC3)n2)C1)C(=O)OC(C)(C)C. The zero-order valence-electron chi connectivity index (χ0n) is 27.4. The van der Waals surface area contributed by atoms with E-state index < -0.39 is 23.4 Å². The summed E-state index contributed by atoms with van der Waals surface area (Å²) in [7, 11) is 0. The highest BCUT2D eigenvalue weighted by Crippen LogP contribution is 2.45. The molecule has 0 spiro atoms. The maximum Gasteiger partial charge on any atom is 0.419 e. The van der Waals surface area contributed by atoms with E-state index >= 15 is 0 Å². The largest absolute Gasteiger partial charge is 0.443 e. The van der Waals surface area contributed by atoms with Gasteiger partial charge >= 0.3 is 12.2 Å². The summed E-state index contributed by atoms with van der Waals surface area (Å²) in [6, 6.07) is 6.52. The molecular weight excluding hydrogens is 572 g/mol. The van der Waals surface area contributed by atoms with E-state index in [0.717, 1.165) is 91.4 Å². The summed E-state index contributed by atoms with van der Waals surface area (Å²) in [6.45, 7) is 15.3. The number of aromatic nitrogens is 4. The lowest BCUT2D eigenvalue weighted by Crippen LogP contribution is -2.47. The molecule has 3 aromatic rings. The van der Waals surface area contributed by atoms with E-state index in [1.54, 1.807) is 41.5 Å². The third-order valence-electron chi connectivity index (χ3n) is 8.37. The molecule has 3 aliphatic rings. The molecule has 2 aromatic heterocycles. The summed E-state index contributed by atoms with van der Waals surface area (Å²) in [4.78, 5) is 39.3. The van der Waals surface area contributed by atoms with Gasteiger partial charge in [0, 0.05) is 43.9 Å². The third-order valence-corrected chi connectivity index (χ3v) is 8.37.